The maximum absolute atomic E-state index is 11.4. The van der Waals surface area contributed by atoms with Crippen LogP contribution in [0.3, 0.4) is 0 Å². The Kier molecular flexibility index (Phi) is 13.9. The van der Waals surface area contributed by atoms with Crippen LogP contribution in [0.25, 0.3) is 0 Å². The van der Waals surface area contributed by atoms with Gasteiger partial charge in [-0.3, -0.25) is 4.98 Å². The third-order valence-electron chi connectivity index (χ3n) is 11.1. The van der Waals surface area contributed by atoms with E-state index in [4.69, 9.17) is 4.74 Å². The molecule has 1 N–H and O–H groups in total. The summed E-state index contributed by atoms with van der Waals surface area (Å²) in [4.78, 5) is 4.10. The number of hydrogen-bond acceptors (Lipinski definition) is 3. The van der Waals surface area contributed by atoms with Crippen molar-refractivity contribution in [2.75, 3.05) is 0 Å². The highest BCUT2D eigenvalue weighted by Gasteiger charge is 2.59. The quantitative estimate of drug-likeness (QED) is 0.256. The minimum atomic E-state index is -0.456. The minimum absolute atomic E-state index is 0. The lowest BCUT2D eigenvalue weighted by Crippen LogP contribution is -2.54. The summed E-state index contributed by atoms with van der Waals surface area (Å²) in [5, 5.41) is 11.4. The van der Waals surface area contributed by atoms with Gasteiger partial charge in [-0.25, -0.2) is 0 Å². The van der Waals surface area contributed by atoms with Gasteiger partial charge in [-0.05, 0) is 115 Å². The zero-order chi connectivity index (χ0) is 28.6. The molecule has 3 nitrogen and oxygen atoms in total. The minimum Gasteiger partial charge on any atom is -0.386 e. The van der Waals surface area contributed by atoms with E-state index in [1.54, 1.807) is 0 Å². The third-order valence-corrected chi connectivity index (χ3v) is 11.1. The fraction of sp³-hybridized carbons (Fsp3) is 0.811. The second-order valence-corrected chi connectivity index (χ2v) is 13.4. The van der Waals surface area contributed by atoms with Crippen LogP contribution in [-0.2, 0) is 11.3 Å². The van der Waals surface area contributed by atoms with E-state index >= 15 is 0 Å². The van der Waals surface area contributed by atoms with Gasteiger partial charge in [-0.1, -0.05) is 88.2 Å². The van der Waals surface area contributed by atoms with Crippen molar-refractivity contribution in [2.45, 2.75) is 152 Å². The van der Waals surface area contributed by atoms with Gasteiger partial charge in [0.05, 0.1) is 12.7 Å². The van der Waals surface area contributed by atoms with Crippen molar-refractivity contribution in [1.29, 1.82) is 0 Å². The van der Waals surface area contributed by atoms with E-state index < -0.39 is 6.10 Å². The highest BCUT2D eigenvalue weighted by molar-refractivity contribution is 5.29. The molecule has 0 amide bonds. The van der Waals surface area contributed by atoms with Crippen LogP contribution in [0.4, 0.5) is 0 Å². The monoisotopic (exact) mass is 556 g/mol. The average Bonchev–Trinajstić information content (AvgIpc) is 3.29. The SMILES string of the molecule is C.CC.CC.CC(C)CCCCC1CCC2[C@@H]3CC=C4C(O)[C@@H](OCc5ccncc5)CCC4(C)C3CC[C@]12C. The number of nitrogens with zero attached hydrogens (tertiary/aromatic N) is 1. The predicted molar refractivity (Wildman–Crippen MR) is 172 cm³/mol. The van der Waals surface area contributed by atoms with Crippen molar-refractivity contribution in [3.63, 3.8) is 0 Å². The first-order chi connectivity index (χ1) is 18.8. The van der Waals surface area contributed by atoms with Gasteiger partial charge in [0, 0.05) is 12.4 Å². The van der Waals surface area contributed by atoms with Crippen molar-refractivity contribution < 1.29 is 9.84 Å². The van der Waals surface area contributed by atoms with Crippen LogP contribution in [0.5, 0.6) is 0 Å². The largest absolute Gasteiger partial charge is 0.386 e. The van der Waals surface area contributed by atoms with E-state index in [-0.39, 0.29) is 18.9 Å². The molecular formula is C37H65NO2. The Bertz CT molecular complexity index is 881. The van der Waals surface area contributed by atoms with Gasteiger partial charge in [-0.2, -0.15) is 0 Å². The molecule has 1 aromatic rings. The second-order valence-electron chi connectivity index (χ2n) is 13.4. The summed E-state index contributed by atoms with van der Waals surface area (Å²) in [7, 11) is 0. The number of fused-ring (bicyclic) bond motifs is 5. The van der Waals surface area contributed by atoms with Crippen molar-refractivity contribution in [1.82, 2.24) is 4.98 Å². The summed E-state index contributed by atoms with van der Waals surface area (Å²) >= 11 is 0. The van der Waals surface area contributed by atoms with Crippen molar-refractivity contribution >= 4 is 0 Å². The summed E-state index contributed by atoms with van der Waals surface area (Å²) in [5.74, 6) is 4.19. The molecule has 5 unspecified atom stereocenters. The molecule has 0 aliphatic heterocycles. The highest BCUT2D eigenvalue weighted by Crippen LogP contribution is 2.66. The molecule has 0 spiro atoms. The molecule has 1 aromatic heterocycles. The van der Waals surface area contributed by atoms with Crippen LogP contribution in [-0.4, -0.2) is 22.3 Å². The van der Waals surface area contributed by atoms with Crippen LogP contribution in [0.2, 0.25) is 0 Å². The lowest BCUT2D eigenvalue weighted by atomic mass is 9.47. The maximum atomic E-state index is 11.4. The Morgan fingerprint density at radius 2 is 1.65 bits per heavy atom. The normalized spacial score (nSPS) is 35.9. The first-order valence-corrected chi connectivity index (χ1v) is 16.7. The van der Waals surface area contributed by atoms with E-state index in [0.29, 0.717) is 12.0 Å². The van der Waals surface area contributed by atoms with Gasteiger partial charge < -0.3 is 9.84 Å². The summed E-state index contributed by atoms with van der Waals surface area (Å²) in [6.45, 7) is 18.4. The number of aromatic nitrogens is 1. The van der Waals surface area contributed by atoms with Crippen LogP contribution < -0.4 is 0 Å². The number of allylic oxidation sites excluding steroid dienone is 1. The Labute approximate surface area is 249 Å². The number of pyridine rings is 1. The van der Waals surface area contributed by atoms with Gasteiger partial charge in [-0.15, -0.1) is 0 Å². The topological polar surface area (TPSA) is 42.4 Å². The van der Waals surface area contributed by atoms with Gasteiger partial charge in [0.15, 0.2) is 0 Å². The van der Waals surface area contributed by atoms with E-state index in [2.05, 4.69) is 38.8 Å². The number of ether oxygens (including phenoxy) is 1. The Balaban J connectivity index is 0.00000107. The molecule has 40 heavy (non-hydrogen) atoms. The number of aliphatic hydroxyl groups excluding tert-OH is 1. The molecule has 1 heterocycles. The molecule has 3 saturated carbocycles. The van der Waals surface area contributed by atoms with Crippen LogP contribution >= 0.6 is 0 Å². The Morgan fingerprint density at radius 3 is 2.33 bits per heavy atom. The van der Waals surface area contributed by atoms with E-state index in [1.165, 1.54) is 63.4 Å². The molecule has 0 aromatic carbocycles. The number of aliphatic hydroxyl groups is 1. The summed E-state index contributed by atoms with van der Waals surface area (Å²) in [6, 6.07) is 4.00. The highest BCUT2D eigenvalue weighted by atomic mass is 16.5. The molecule has 5 rings (SSSR count). The first-order valence-electron chi connectivity index (χ1n) is 16.7. The van der Waals surface area contributed by atoms with Gasteiger partial charge in [0.2, 0.25) is 0 Å². The molecule has 0 bridgehead atoms. The summed E-state index contributed by atoms with van der Waals surface area (Å²) in [5.41, 5.74) is 3.13. The zero-order valence-corrected chi connectivity index (χ0v) is 26.7. The summed E-state index contributed by atoms with van der Waals surface area (Å²) in [6.07, 6.45) is 20.1. The first kappa shape index (κ1) is 35.0. The zero-order valence-electron chi connectivity index (χ0n) is 26.7. The maximum Gasteiger partial charge on any atom is 0.102 e. The van der Waals surface area contributed by atoms with Crippen LogP contribution in [0.1, 0.15) is 139 Å². The molecule has 0 radical (unpaired) electrons. The average molecular weight is 556 g/mol. The summed E-state index contributed by atoms with van der Waals surface area (Å²) < 4.78 is 6.25. The molecule has 0 saturated heterocycles. The number of rotatable bonds is 8. The fourth-order valence-electron chi connectivity index (χ4n) is 9.09. The van der Waals surface area contributed by atoms with Crippen molar-refractivity contribution in [3.8, 4) is 0 Å². The lowest BCUT2D eigenvalue weighted by molar-refractivity contribution is -0.0985. The number of hydrogen-bond donors (Lipinski definition) is 1. The third kappa shape index (κ3) is 7.23. The molecule has 230 valence electrons. The predicted octanol–water partition coefficient (Wildman–Crippen LogP) is 10.4. The molecule has 8 atom stereocenters. The van der Waals surface area contributed by atoms with Gasteiger partial charge >= 0.3 is 0 Å². The Hall–Kier alpha value is -1.19. The molecule has 3 heteroatoms. The van der Waals surface area contributed by atoms with Crippen molar-refractivity contribution in [3.05, 3.63) is 41.7 Å². The van der Waals surface area contributed by atoms with E-state index in [1.807, 2.05) is 52.2 Å². The Morgan fingerprint density at radius 1 is 0.950 bits per heavy atom. The smallest absolute Gasteiger partial charge is 0.102 e. The standard InChI is InChI=1S/C32H49NO2.2C2H6.CH4/c1-22(2)7-5-6-8-24-9-11-26-25-10-12-28-30(34)29(35-21-23-15-19-33-20-16-23)14-18-32(28,4)27(25)13-17-31(24,26)3;2*1-2;/h12,15-16,19-20,22,24-27,29-30,34H,5-11,13-14,17-18,21H2,1-4H3;2*1-2H3;1H4/t24?,25-,26?,27?,29-,30?,31+,32?;;;/m0.../s1. The fourth-order valence-corrected chi connectivity index (χ4v) is 9.09. The molecule has 4 aliphatic carbocycles. The van der Waals surface area contributed by atoms with E-state index in [9.17, 15) is 5.11 Å². The molecule has 4 aliphatic rings. The lowest BCUT2D eigenvalue weighted by Gasteiger charge is -2.59. The molecular weight excluding hydrogens is 490 g/mol. The molecule has 3 fully saturated rings. The van der Waals surface area contributed by atoms with Gasteiger partial charge in [0.25, 0.3) is 0 Å². The van der Waals surface area contributed by atoms with Crippen LogP contribution in [0.15, 0.2) is 36.2 Å². The van der Waals surface area contributed by atoms with Gasteiger partial charge in [0.1, 0.15) is 6.10 Å². The second kappa shape index (κ2) is 15.9. The van der Waals surface area contributed by atoms with Crippen molar-refractivity contribution in [2.24, 2.45) is 40.4 Å². The number of unbranched alkanes of at least 4 members (excludes halogenated alkanes) is 1. The van der Waals surface area contributed by atoms with E-state index in [0.717, 1.165) is 48.0 Å². The van der Waals surface area contributed by atoms with Crippen LogP contribution in [0, 0.1) is 40.4 Å².